The Morgan fingerprint density at radius 1 is 1.53 bits per heavy atom. The Bertz CT molecular complexity index is 399. The Balaban J connectivity index is 1.86. The minimum Gasteiger partial charge on any atom is -0.396 e. The minimum atomic E-state index is 0.267. The SMILES string of the molecule is CC(C)C1CC(=O)N(CCn2cc(N)cn2)C1. The van der Waals surface area contributed by atoms with Gasteiger partial charge in [-0.2, -0.15) is 5.10 Å². The van der Waals surface area contributed by atoms with E-state index in [2.05, 4.69) is 18.9 Å². The molecule has 5 heteroatoms. The zero-order valence-electron chi connectivity index (χ0n) is 10.5. The molecule has 1 amide bonds. The predicted molar refractivity (Wildman–Crippen MR) is 66.2 cm³/mol. The predicted octanol–water partition coefficient (Wildman–Crippen LogP) is 0.970. The molecule has 1 saturated heterocycles. The van der Waals surface area contributed by atoms with Crippen LogP contribution in [0.3, 0.4) is 0 Å². The molecule has 0 aliphatic carbocycles. The summed E-state index contributed by atoms with van der Waals surface area (Å²) in [5.41, 5.74) is 6.25. The maximum Gasteiger partial charge on any atom is 0.222 e. The first-order valence-corrected chi connectivity index (χ1v) is 6.12. The number of carbonyl (C=O) groups is 1. The molecular formula is C12H20N4O. The summed E-state index contributed by atoms with van der Waals surface area (Å²) in [7, 11) is 0. The third kappa shape index (κ3) is 2.78. The van der Waals surface area contributed by atoms with E-state index in [0.717, 1.165) is 13.1 Å². The molecule has 17 heavy (non-hydrogen) atoms. The Kier molecular flexibility index (Phi) is 3.36. The number of hydrogen-bond donors (Lipinski definition) is 1. The summed E-state index contributed by atoms with van der Waals surface area (Å²) in [6, 6.07) is 0. The lowest BCUT2D eigenvalue weighted by Gasteiger charge is -2.17. The van der Waals surface area contributed by atoms with Gasteiger partial charge >= 0.3 is 0 Å². The van der Waals surface area contributed by atoms with Gasteiger partial charge in [-0.1, -0.05) is 13.8 Å². The first kappa shape index (κ1) is 12.0. The van der Waals surface area contributed by atoms with Gasteiger partial charge in [0.15, 0.2) is 0 Å². The van der Waals surface area contributed by atoms with Crippen molar-refractivity contribution in [2.24, 2.45) is 11.8 Å². The van der Waals surface area contributed by atoms with Crippen molar-refractivity contribution in [2.75, 3.05) is 18.8 Å². The Labute approximate surface area is 102 Å². The topological polar surface area (TPSA) is 64.2 Å². The van der Waals surface area contributed by atoms with E-state index >= 15 is 0 Å². The van der Waals surface area contributed by atoms with Crippen molar-refractivity contribution in [2.45, 2.75) is 26.8 Å². The number of rotatable bonds is 4. The highest BCUT2D eigenvalue weighted by Gasteiger charge is 2.30. The molecule has 1 aromatic rings. The van der Waals surface area contributed by atoms with E-state index in [1.54, 1.807) is 17.1 Å². The average molecular weight is 236 g/mol. The highest BCUT2D eigenvalue weighted by atomic mass is 16.2. The number of anilines is 1. The normalized spacial score (nSPS) is 20.5. The van der Waals surface area contributed by atoms with Crippen LogP contribution in [0.5, 0.6) is 0 Å². The summed E-state index contributed by atoms with van der Waals surface area (Å²) in [6.07, 6.45) is 4.11. The molecule has 2 heterocycles. The quantitative estimate of drug-likeness (QED) is 0.847. The van der Waals surface area contributed by atoms with Gasteiger partial charge in [0.1, 0.15) is 0 Å². The van der Waals surface area contributed by atoms with Gasteiger partial charge in [0.05, 0.1) is 18.4 Å². The monoisotopic (exact) mass is 236 g/mol. The number of nitrogens with zero attached hydrogens (tertiary/aromatic N) is 3. The van der Waals surface area contributed by atoms with E-state index < -0.39 is 0 Å². The Hall–Kier alpha value is -1.52. The van der Waals surface area contributed by atoms with Crippen molar-refractivity contribution in [1.82, 2.24) is 14.7 Å². The first-order valence-electron chi connectivity index (χ1n) is 6.12. The zero-order valence-corrected chi connectivity index (χ0v) is 10.5. The van der Waals surface area contributed by atoms with Crippen molar-refractivity contribution in [3.05, 3.63) is 12.4 Å². The number of carbonyl (C=O) groups excluding carboxylic acids is 1. The van der Waals surface area contributed by atoms with Gasteiger partial charge in [-0.25, -0.2) is 0 Å². The molecule has 0 spiro atoms. The lowest BCUT2D eigenvalue weighted by molar-refractivity contribution is -0.127. The molecule has 94 valence electrons. The molecular weight excluding hydrogens is 216 g/mol. The summed E-state index contributed by atoms with van der Waals surface area (Å²) >= 11 is 0. The average Bonchev–Trinajstić information content (AvgIpc) is 2.82. The summed E-state index contributed by atoms with van der Waals surface area (Å²) in [4.78, 5) is 13.7. The summed E-state index contributed by atoms with van der Waals surface area (Å²) < 4.78 is 1.78. The Morgan fingerprint density at radius 2 is 2.29 bits per heavy atom. The first-order chi connectivity index (χ1) is 8.06. The summed E-state index contributed by atoms with van der Waals surface area (Å²) in [5.74, 6) is 1.35. The maximum atomic E-state index is 11.8. The van der Waals surface area contributed by atoms with Crippen LogP contribution in [0.25, 0.3) is 0 Å². The van der Waals surface area contributed by atoms with Gasteiger partial charge in [0, 0.05) is 25.7 Å². The highest BCUT2D eigenvalue weighted by molar-refractivity contribution is 5.78. The molecule has 1 aliphatic rings. The molecule has 1 unspecified atom stereocenters. The molecule has 0 bridgehead atoms. The van der Waals surface area contributed by atoms with E-state index in [0.29, 0.717) is 30.5 Å². The van der Waals surface area contributed by atoms with Crippen molar-refractivity contribution in [3.8, 4) is 0 Å². The lowest BCUT2D eigenvalue weighted by Crippen LogP contribution is -2.29. The fourth-order valence-corrected chi connectivity index (χ4v) is 2.19. The largest absolute Gasteiger partial charge is 0.396 e. The third-order valence-electron chi connectivity index (χ3n) is 3.44. The van der Waals surface area contributed by atoms with Gasteiger partial charge in [0.25, 0.3) is 0 Å². The second-order valence-corrected chi connectivity index (χ2v) is 5.08. The third-order valence-corrected chi connectivity index (χ3v) is 3.44. The van der Waals surface area contributed by atoms with Crippen molar-refractivity contribution in [3.63, 3.8) is 0 Å². The smallest absolute Gasteiger partial charge is 0.222 e. The molecule has 5 nitrogen and oxygen atoms in total. The van der Waals surface area contributed by atoms with Crippen LogP contribution < -0.4 is 5.73 Å². The van der Waals surface area contributed by atoms with Gasteiger partial charge in [-0.05, 0) is 11.8 Å². The number of aromatic nitrogens is 2. The van der Waals surface area contributed by atoms with Crippen LogP contribution in [0.15, 0.2) is 12.4 Å². The van der Waals surface area contributed by atoms with Crippen LogP contribution in [0.4, 0.5) is 5.69 Å². The molecule has 1 fully saturated rings. The van der Waals surface area contributed by atoms with Crippen LogP contribution in [0.2, 0.25) is 0 Å². The van der Waals surface area contributed by atoms with Gasteiger partial charge < -0.3 is 10.6 Å². The highest BCUT2D eigenvalue weighted by Crippen LogP contribution is 2.24. The van der Waals surface area contributed by atoms with Crippen molar-refractivity contribution >= 4 is 11.6 Å². The van der Waals surface area contributed by atoms with Gasteiger partial charge in [-0.3, -0.25) is 9.48 Å². The lowest BCUT2D eigenvalue weighted by atomic mass is 9.95. The molecule has 1 atom stereocenters. The number of nitrogen functional groups attached to an aromatic ring is 1. The van der Waals surface area contributed by atoms with Crippen LogP contribution in [0, 0.1) is 11.8 Å². The fourth-order valence-electron chi connectivity index (χ4n) is 2.19. The number of likely N-dealkylation sites (tertiary alicyclic amines) is 1. The summed E-state index contributed by atoms with van der Waals surface area (Å²) in [6.45, 7) is 6.68. The van der Waals surface area contributed by atoms with Crippen LogP contribution in [-0.2, 0) is 11.3 Å². The van der Waals surface area contributed by atoms with Crippen LogP contribution in [0.1, 0.15) is 20.3 Å². The molecule has 1 aliphatic heterocycles. The molecule has 2 N–H and O–H groups in total. The maximum absolute atomic E-state index is 11.8. The molecule has 2 rings (SSSR count). The fraction of sp³-hybridized carbons (Fsp3) is 0.667. The van der Waals surface area contributed by atoms with E-state index in [-0.39, 0.29) is 5.91 Å². The van der Waals surface area contributed by atoms with E-state index in [1.165, 1.54) is 0 Å². The number of amides is 1. The van der Waals surface area contributed by atoms with Crippen LogP contribution >= 0.6 is 0 Å². The molecule has 0 aromatic carbocycles. The van der Waals surface area contributed by atoms with E-state index in [4.69, 9.17) is 5.73 Å². The molecule has 0 saturated carbocycles. The van der Waals surface area contributed by atoms with E-state index in [1.807, 2.05) is 4.90 Å². The molecule has 1 aromatic heterocycles. The molecule has 0 radical (unpaired) electrons. The van der Waals surface area contributed by atoms with Crippen molar-refractivity contribution in [1.29, 1.82) is 0 Å². The van der Waals surface area contributed by atoms with Gasteiger partial charge in [-0.15, -0.1) is 0 Å². The van der Waals surface area contributed by atoms with E-state index in [9.17, 15) is 4.79 Å². The standard InChI is InChI=1S/C12H20N4O/c1-9(2)10-5-12(17)15(7-10)3-4-16-8-11(13)6-14-16/h6,8-10H,3-5,7,13H2,1-2H3. The van der Waals surface area contributed by atoms with Gasteiger partial charge in [0.2, 0.25) is 5.91 Å². The summed E-state index contributed by atoms with van der Waals surface area (Å²) in [5, 5.41) is 4.11. The number of nitrogens with two attached hydrogens (primary N) is 1. The Morgan fingerprint density at radius 3 is 2.82 bits per heavy atom. The zero-order chi connectivity index (χ0) is 12.4. The second kappa shape index (κ2) is 4.77. The second-order valence-electron chi connectivity index (χ2n) is 5.08. The van der Waals surface area contributed by atoms with Crippen molar-refractivity contribution < 1.29 is 4.79 Å². The minimum absolute atomic E-state index is 0.267. The van der Waals surface area contributed by atoms with Crippen LogP contribution in [-0.4, -0.2) is 33.7 Å². The number of hydrogen-bond acceptors (Lipinski definition) is 3.